The third-order valence-electron chi connectivity index (χ3n) is 10.4. The summed E-state index contributed by atoms with van der Waals surface area (Å²) in [5.74, 6) is 2.45. The zero-order chi connectivity index (χ0) is 26.3. The summed E-state index contributed by atoms with van der Waals surface area (Å²) in [6.07, 6.45) is 11.2. The summed E-state index contributed by atoms with van der Waals surface area (Å²) in [6.45, 7) is 2.26. The average molecular weight is 520 g/mol. The number of hydrogen-bond donors (Lipinski definition) is 0. The first-order valence-corrected chi connectivity index (χ1v) is 15.0. The fourth-order valence-corrected chi connectivity index (χ4v) is 8.98. The lowest BCUT2D eigenvalue weighted by atomic mass is 9.49. The highest BCUT2D eigenvalue weighted by atomic mass is 16.2. The van der Waals surface area contributed by atoms with Gasteiger partial charge < -0.3 is 9.47 Å². The van der Waals surface area contributed by atoms with Crippen LogP contribution in [0.1, 0.15) is 74.2 Å². The zero-order valence-corrected chi connectivity index (χ0v) is 22.8. The van der Waals surface area contributed by atoms with Crippen LogP contribution in [-0.2, 0) is 9.59 Å². The van der Waals surface area contributed by atoms with Crippen molar-refractivity contribution < 1.29 is 9.59 Å². The Morgan fingerprint density at radius 2 is 1.49 bits per heavy atom. The largest absolute Gasteiger partial charge is 0.330 e. The van der Waals surface area contributed by atoms with Crippen molar-refractivity contribution in [3.63, 3.8) is 0 Å². The van der Waals surface area contributed by atoms with Gasteiger partial charge in [-0.05, 0) is 106 Å². The first-order chi connectivity index (χ1) is 19.0. The first-order valence-electron chi connectivity index (χ1n) is 15.0. The van der Waals surface area contributed by atoms with Gasteiger partial charge in [0.1, 0.15) is 12.6 Å². The minimum Gasteiger partial charge on any atom is -0.330 e. The van der Waals surface area contributed by atoms with Crippen LogP contribution in [0.15, 0.2) is 66.9 Å². The number of carbonyl (C=O) groups is 2. The molecule has 0 saturated heterocycles. The van der Waals surface area contributed by atoms with Crippen LogP contribution in [0.5, 0.6) is 0 Å². The summed E-state index contributed by atoms with van der Waals surface area (Å²) in [5, 5.41) is 0. The Balaban J connectivity index is 1.16. The number of para-hydroxylation sites is 2. The van der Waals surface area contributed by atoms with Gasteiger partial charge in [0.25, 0.3) is 0 Å². The number of fused-ring (bicyclic) bond motifs is 3. The van der Waals surface area contributed by atoms with Crippen molar-refractivity contribution in [3.8, 4) is 5.69 Å². The van der Waals surface area contributed by atoms with Gasteiger partial charge in [-0.1, -0.05) is 42.0 Å². The van der Waals surface area contributed by atoms with Crippen LogP contribution in [0, 0.1) is 30.1 Å². The molecule has 5 fully saturated rings. The number of aromatic nitrogens is 1. The molecule has 0 spiro atoms. The maximum absolute atomic E-state index is 14.5. The van der Waals surface area contributed by atoms with Crippen molar-refractivity contribution in [1.29, 1.82) is 0 Å². The molecule has 5 heteroatoms. The quantitative estimate of drug-likeness (QED) is 0.390. The van der Waals surface area contributed by atoms with Gasteiger partial charge in [-0.25, -0.2) is 0 Å². The highest BCUT2D eigenvalue weighted by Gasteiger charge is 2.57. The number of aryl methyl sites for hydroxylation is 1. The predicted octanol–water partition coefficient (Wildman–Crippen LogP) is 6.43. The predicted molar refractivity (Wildman–Crippen MR) is 152 cm³/mol. The summed E-state index contributed by atoms with van der Waals surface area (Å²) in [4.78, 5) is 33.0. The minimum absolute atomic E-state index is 0.0189. The van der Waals surface area contributed by atoms with E-state index in [0.29, 0.717) is 17.8 Å². The maximum Gasteiger partial charge on any atom is 0.247 e. The van der Waals surface area contributed by atoms with Crippen LogP contribution in [0.3, 0.4) is 0 Å². The molecule has 5 aliphatic carbocycles. The zero-order valence-electron chi connectivity index (χ0n) is 22.8. The van der Waals surface area contributed by atoms with E-state index in [9.17, 15) is 9.59 Å². The van der Waals surface area contributed by atoms with Crippen molar-refractivity contribution in [2.45, 2.75) is 70.4 Å². The monoisotopic (exact) mass is 519 g/mol. The van der Waals surface area contributed by atoms with E-state index in [0.717, 1.165) is 54.7 Å². The fourth-order valence-electron chi connectivity index (χ4n) is 8.98. The molecule has 3 aromatic rings. The van der Waals surface area contributed by atoms with Crippen LogP contribution >= 0.6 is 0 Å². The van der Waals surface area contributed by atoms with Crippen LogP contribution in [0.2, 0.25) is 0 Å². The Bertz CT molecular complexity index is 1410. The summed E-state index contributed by atoms with van der Waals surface area (Å²) in [7, 11) is 0. The molecule has 0 N–H and O–H groups in total. The number of hydrogen-bond acceptors (Lipinski definition) is 2. The second kappa shape index (κ2) is 8.58. The Labute approximate surface area is 230 Å². The molecular formula is C34H37N3O2. The molecule has 2 heterocycles. The van der Waals surface area contributed by atoms with Crippen LogP contribution in [-0.4, -0.2) is 33.9 Å². The lowest BCUT2D eigenvalue weighted by molar-refractivity contribution is -0.159. The Kier molecular flexibility index (Phi) is 5.18. The summed E-state index contributed by atoms with van der Waals surface area (Å²) < 4.78 is 2.21. The van der Waals surface area contributed by atoms with E-state index in [4.69, 9.17) is 0 Å². The van der Waals surface area contributed by atoms with E-state index >= 15 is 0 Å². The Hall–Kier alpha value is -3.34. The summed E-state index contributed by atoms with van der Waals surface area (Å²) in [6, 6.07) is 20.9. The van der Waals surface area contributed by atoms with Crippen LogP contribution in [0.25, 0.3) is 5.69 Å². The van der Waals surface area contributed by atoms with Gasteiger partial charge >= 0.3 is 0 Å². The topological polar surface area (TPSA) is 45.6 Å². The Morgan fingerprint density at radius 1 is 0.846 bits per heavy atom. The summed E-state index contributed by atoms with van der Waals surface area (Å²) in [5.41, 5.74) is 5.08. The molecule has 1 aliphatic heterocycles. The highest BCUT2D eigenvalue weighted by molar-refractivity contribution is 6.01. The molecule has 5 nitrogen and oxygen atoms in total. The molecule has 0 unspecified atom stereocenters. The fraction of sp³-hybridized carbons (Fsp3) is 0.471. The smallest absolute Gasteiger partial charge is 0.247 e. The molecule has 2 aromatic carbocycles. The minimum atomic E-state index is -0.237. The van der Waals surface area contributed by atoms with Crippen molar-refractivity contribution in [2.24, 2.45) is 23.2 Å². The standard InChI is InChI=1S/C34H37N3O2/c1-22-8-10-26(11-9-22)32-30-7-4-14-35(30)28-5-2-3-6-29(28)37(32)31(38)21-36(27-12-13-27)33(39)34-18-23-15-24(19-34)17-25(16-23)20-34/h2-11,14,23-25,27,32H,12-13,15-21H2,1H3/t23?,24?,25?,32-,34?/m1/s1. The van der Waals surface area contributed by atoms with Crippen molar-refractivity contribution in [1.82, 2.24) is 9.47 Å². The number of anilines is 1. The second-order valence-corrected chi connectivity index (χ2v) is 13.2. The van der Waals surface area contributed by atoms with Gasteiger partial charge in [0.15, 0.2) is 0 Å². The van der Waals surface area contributed by atoms with Gasteiger partial charge in [-0.2, -0.15) is 0 Å². The molecule has 5 saturated carbocycles. The van der Waals surface area contributed by atoms with Gasteiger partial charge in [0.2, 0.25) is 11.8 Å². The molecule has 2 amide bonds. The van der Waals surface area contributed by atoms with Crippen LogP contribution < -0.4 is 4.90 Å². The van der Waals surface area contributed by atoms with E-state index in [1.54, 1.807) is 0 Å². The van der Waals surface area contributed by atoms with E-state index < -0.39 is 0 Å². The first kappa shape index (κ1) is 23.5. The average Bonchev–Trinajstić information content (AvgIpc) is 3.65. The number of nitrogens with zero attached hydrogens (tertiary/aromatic N) is 3. The molecular weight excluding hydrogens is 482 g/mol. The SMILES string of the molecule is Cc1ccc([C@@H]2c3cccn3-c3ccccc3N2C(=O)CN(C(=O)C23CC4CC(CC(C4)C2)C3)C2CC2)cc1. The normalized spacial score (nSPS) is 30.1. The second-order valence-electron chi connectivity index (χ2n) is 13.2. The highest BCUT2D eigenvalue weighted by Crippen LogP contribution is 2.61. The third-order valence-corrected chi connectivity index (χ3v) is 10.4. The van der Waals surface area contributed by atoms with E-state index in [1.807, 2.05) is 21.9 Å². The molecule has 6 aliphatic rings. The molecule has 1 aromatic heterocycles. The van der Waals surface area contributed by atoms with E-state index in [-0.39, 0.29) is 35.9 Å². The van der Waals surface area contributed by atoms with Crippen LogP contribution in [0.4, 0.5) is 5.69 Å². The lowest BCUT2D eigenvalue weighted by Crippen LogP contribution is -2.57. The molecule has 9 rings (SSSR count). The van der Waals surface area contributed by atoms with Gasteiger partial charge in [-0.3, -0.25) is 14.5 Å². The molecule has 1 atom stereocenters. The number of carbonyl (C=O) groups excluding carboxylic acids is 2. The number of benzene rings is 2. The maximum atomic E-state index is 14.5. The number of amides is 2. The van der Waals surface area contributed by atoms with Crippen molar-refractivity contribution in [3.05, 3.63) is 83.7 Å². The Morgan fingerprint density at radius 3 is 2.13 bits per heavy atom. The molecule has 39 heavy (non-hydrogen) atoms. The van der Waals surface area contributed by atoms with E-state index in [2.05, 4.69) is 66.2 Å². The summed E-state index contributed by atoms with van der Waals surface area (Å²) >= 11 is 0. The van der Waals surface area contributed by atoms with Crippen molar-refractivity contribution in [2.75, 3.05) is 11.4 Å². The van der Waals surface area contributed by atoms with E-state index in [1.165, 1.54) is 24.8 Å². The van der Waals surface area contributed by atoms with Gasteiger partial charge in [-0.15, -0.1) is 0 Å². The number of rotatable bonds is 5. The molecule has 4 bridgehead atoms. The molecule has 0 radical (unpaired) electrons. The van der Waals surface area contributed by atoms with Gasteiger partial charge in [0.05, 0.1) is 22.5 Å². The lowest BCUT2D eigenvalue weighted by Gasteiger charge is -2.56. The van der Waals surface area contributed by atoms with Gasteiger partial charge in [0, 0.05) is 12.2 Å². The molecule has 200 valence electrons. The van der Waals surface area contributed by atoms with Crippen molar-refractivity contribution >= 4 is 17.5 Å². The third kappa shape index (κ3) is 3.72.